The quantitative estimate of drug-likeness (QED) is 0.478. The molecule has 2 aromatic carbocycles. The van der Waals surface area contributed by atoms with Crippen LogP contribution in [0.1, 0.15) is 21.5 Å². The third-order valence-corrected chi connectivity index (χ3v) is 4.13. The summed E-state index contributed by atoms with van der Waals surface area (Å²) < 4.78 is 44.7. The van der Waals surface area contributed by atoms with Gasteiger partial charge < -0.3 is 10.1 Å². The lowest BCUT2D eigenvalue weighted by Gasteiger charge is -2.08. The first kappa shape index (κ1) is 20.8. The van der Waals surface area contributed by atoms with Crippen molar-refractivity contribution in [3.05, 3.63) is 81.7 Å². The van der Waals surface area contributed by atoms with Crippen LogP contribution in [0.25, 0.3) is 0 Å². The fraction of sp³-hybridized carbons (Fsp3) is 0.158. The first-order valence-electron chi connectivity index (χ1n) is 8.50. The Hall–Kier alpha value is -3.89. The number of hydrogen-bond acceptors (Lipinski definition) is 5. The second kappa shape index (κ2) is 8.23. The zero-order valence-corrected chi connectivity index (χ0v) is 15.5. The van der Waals surface area contributed by atoms with Gasteiger partial charge in [0.25, 0.3) is 5.91 Å². The smallest absolute Gasteiger partial charge is 0.416 e. The Morgan fingerprint density at radius 1 is 1.27 bits per heavy atom. The van der Waals surface area contributed by atoms with Crippen molar-refractivity contribution in [1.82, 2.24) is 9.78 Å². The Kier molecular flexibility index (Phi) is 5.72. The Bertz CT molecular complexity index is 1100. The van der Waals surface area contributed by atoms with E-state index in [1.807, 2.05) is 0 Å². The lowest BCUT2D eigenvalue weighted by molar-refractivity contribution is -0.385. The first-order valence-corrected chi connectivity index (χ1v) is 8.50. The highest BCUT2D eigenvalue weighted by Gasteiger charge is 2.30. The highest BCUT2D eigenvalue weighted by molar-refractivity contribution is 6.04. The molecule has 0 atom stereocenters. The maximum absolute atomic E-state index is 12.8. The Morgan fingerprint density at radius 2 is 2.03 bits per heavy atom. The van der Waals surface area contributed by atoms with Gasteiger partial charge in [0, 0.05) is 17.8 Å². The standard InChI is InChI=1S/C19H15F3N4O4/c1-30-17-6-5-13(8-16(17)26(28)29)18(27)24-15-9-23-25(11-15)10-12-3-2-4-14(7-12)19(20,21)22/h2-9,11H,10H2,1H3,(H,24,27). The number of nitrogens with one attached hydrogen (secondary N) is 1. The molecule has 1 amide bonds. The maximum Gasteiger partial charge on any atom is 0.416 e. The topological polar surface area (TPSA) is 99.3 Å². The molecule has 1 heterocycles. The molecule has 156 valence electrons. The van der Waals surface area contributed by atoms with Gasteiger partial charge in [0.1, 0.15) is 0 Å². The molecule has 3 aromatic rings. The molecule has 0 saturated heterocycles. The van der Waals surface area contributed by atoms with E-state index >= 15 is 0 Å². The highest BCUT2D eigenvalue weighted by atomic mass is 19.4. The van der Waals surface area contributed by atoms with Crippen LogP contribution in [-0.4, -0.2) is 27.7 Å². The fourth-order valence-corrected chi connectivity index (χ4v) is 2.72. The molecule has 0 radical (unpaired) electrons. The summed E-state index contributed by atoms with van der Waals surface area (Å²) in [6, 6.07) is 8.61. The predicted molar refractivity (Wildman–Crippen MR) is 100 cm³/mol. The minimum Gasteiger partial charge on any atom is -0.490 e. The Balaban J connectivity index is 1.72. The monoisotopic (exact) mass is 420 g/mol. The van der Waals surface area contributed by atoms with Crippen LogP contribution in [0.5, 0.6) is 5.75 Å². The molecule has 0 aliphatic carbocycles. The summed E-state index contributed by atoms with van der Waals surface area (Å²) in [4.78, 5) is 22.8. The average molecular weight is 420 g/mol. The van der Waals surface area contributed by atoms with Crippen molar-refractivity contribution in [3.8, 4) is 5.75 Å². The van der Waals surface area contributed by atoms with Gasteiger partial charge in [-0.3, -0.25) is 19.6 Å². The van der Waals surface area contributed by atoms with Crippen LogP contribution >= 0.6 is 0 Å². The number of nitro benzene ring substituents is 1. The summed E-state index contributed by atoms with van der Waals surface area (Å²) in [6.45, 7) is 0.0633. The van der Waals surface area contributed by atoms with E-state index in [2.05, 4.69) is 10.4 Å². The van der Waals surface area contributed by atoms with Crippen molar-refractivity contribution in [2.45, 2.75) is 12.7 Å². The number of aromatic nitrogens is 2. The number of hydrogen-bond donors (Lipinski definition) is 1. The van der Waals surface area contributed by atoms with E-state index in [0.29, 0.717) is 5.56 Å². The number of amides is 1. The van der Waals surface area contributed by atoms with Gasteiger partial charge in [-0.1, -0.05) is 12.1 Å². The van der Waals surface area contributed by atoms with Crippen LogP contribution in [0, 0.1) is 10.1 Å². The SMILES string of the molecule is COc1ccc(C(=O)Nc2cnn(Cc3cccc(C(F)(F)F)c3)c2)cc1[N+](=O)[O-]. The van der Waals surface area contributed by atoms with Crippen LogP contribution in [0.3, 0.4) is 0 Å². The zero-order chi connectivity index (χ0) is 21.9. The molecule has 0 fully saturated rings. The number of rotatable bonds is 6. The van der Waals surface area contributed by atoms with Crippen LogP contribution < -0.4 is 10.1 Å². The van der Waals surface area contributed by atoms with Gasteiger partial charge in [-0.2, -0.15) is 18.3 Å². The largest absolute Gasteiger partial charge is 0.490 e. The molecule has 11 heteroatoms. The van der Waals surface area contributed by atoms with Gasteiger partial charge in [0.15, 0.2) is 5.75 Å². The molecule has 0 saturated carbocycles. The molecule has 3 rings (SSSR count). The van der Waals surface area contributed by atoms with Gasteiger partial charge in [-0.25, -0.2) is 0 Å². The summed E-state index contributed by atoms with van der Waals surface area (Å²) in [7, 11) is 1.28. The van der Waals surface area contributed by atoms with E-state index in [1.54, 1.807) is 0 Å². The first-order chi connectivity index (χ1) is 14.2. The summed E-state index contributed by atoms with van der Waals surface area (Å²) in [5.41, 5.74) is -0.415. The molecule has 0 unspecified atom stereocenters. The summed E-state index contributed by atoms with van der Waals surface area (Å²) in [5, 5.41) is 17.6. The molecule has 1 N–H and O–H groups in total. The summed E-state index contributed by atoms with van der Waals surface area (Å²) in [6.07, 6.45) is -1.68. The second-order valence-electron chi connectivity index (χ2n) is 6.22. The number of carbonyl (C=O) groups excluding carboxylic acids is 1. The van der Waals surface area contributed by atoms with Crippen LogP contribution in [-0.2, 0) is 12.7 Å². The predicted octanol–water partition coefficient (Wildman–Crippen LogP) is 4.12. The van der Waals surface area contributed by atoms with Crippen molar-refractivity contribution >= 4 is 17.3 Å². The highest BCUT2D eigenvalue weighted by Crippen LogP contribution is 2.30. The van der Waals surface area contributed by atoms with E-state index in [1.165, 1.54) is 48.5 Å². The Labute approximate surface area is 168 Å². The van der Waals surface area contributed by atoms with Crippen molar-refractivity contribution in [1.29, 1.82) is 0 Å². The van der Waals surface area contributed by atoms with E-state index in [0.717, 1.165) is 18.2 Å². The van der Waals surface area contributed by atoms with Gasteiger partial charge in [-0.15, -0.1) is 0 Å². The lowest BCUT2D eigenvalue weighted by Crippen LogP contribution is -2.12. The van der Waals surface area contributed by atoms with Crippen molar-refractivity contribution < 1.29 is 27.6 Å². The number of benzene rings is 2. The molecule has 0 bridgehead atoms. The third-order valence-electron chi connectivity index (χ3n) is 4.13. The number of nitrogens with zero attached hydrogens (tertiary/aromatic N) is 3. The van der Waals surface area contributed by atoms with Crippen LogP contribution in [0.4, 0.5) is 24.5 Å². The van der Waals surface area contributed by atoms with Crippen molar-refractivity contribution in [3.63, 3.8) is 0 Å². The Morgan fingerprint density at radius 3 is 2.70 bits per heavy atom. The number of anilines is 1. The second-order valence-corrected chi connectivity index (χ2v) is 6.22. The number of methoxy groups -OCH3 is 1. The van der Waals surface area contributed by atoms with Gasteiger partial charge in [-0.05, 0) is 29.8 Å². The number of halogens is 3. The molecule has 30 heavy (non-hydrogen) atoms. The average Bonchev–Trinajstić information content (AvgIpc) is 3.13. The van der Waals surface area contributed by atoms with E-state index in [-0.39, 0.29) is 29.2 Å². The molecule has 0 aliphatic heterocycles. The number of nitro groups is 1. The summed E-state index contributed by atoms with van der Waals surface area (Å²) >= 11 is 0. The van der Waals surface area contributed by atoms with E-state index in [4.69, 9.17) is 4.74 Å². The number of alkyl halides is 3. The van der Waals surface area contributed by atoms with Crippen LogP contribution in [0.15, 0.2) is 54.9 Å². The number of ether oxygens (including phenoxy) is 1. The zero-order valence-electron chi connectivity index (χ0n) is 15.5. The molecule has 8 nitrogen and oxygen atoms in total. The van der Waals surface area contributed by atoms with Crippen molar-refractivity contribution in [2.75, 3.05) is 12.4 Å². The third kappa shape index (κ3) is 4.74. The number of carbonyl (C=O) groups is 1. The van der Waals surface area contributed by atoms with Gasteiger partial charge >= 0.3 is 11.9 Å². The van der Waals surface area contributed by atoms with Gasteiger partial charge in [0.05, 0.1) is 36.0 Å². The molecule has 0 aliphatic rings. The fourth-order valence-electron chi connectivity index (χ4n) is 2.72. The normalized spacial score (nSPS) is 11.2. The van der Waals surface area contributed by atoms with Gasteiger partial charge in [0.2, 0.25) is 0 Å². The van der Waals surface area contributed by atoms with Crippen molar-refractivity contribution in [2.24, 2.45) is 0 Å². The summed E-state index contributed by atoms with van der Waals surface area (Å²) in [5.74, 6) is -0.593. The maximum atomic E-state index is 12.8. The molecule has 0 spiro atoms. The minimum atomic E-state index is -4.44. The lowest BCUT2D eigenvalue weighted by atomic mass is 10.1. The molecular weight excluding hydrogens is 405 g/mol. The molecule has 1 aromatic heterocycles. The minimum absolute atomic E-state index is 0.0189. The van der Waals surface area contributed by atoms with E-state index in [9.17, 15) is 28.1 Å². The van der Waals surface area contributed by atoms with E-state index < -0.39 is 22.6 Å². The molecular formula is C19H15F3N4O4. The van der Waals surface area contributed by atoms with Crippen LogP contribution in [0.2, 0.25) is 0 Å².